The average molecular weight is 571 g/mol. The zero-order valence-electron chi connectivity index (χ0n) is 20.0. The maximum absolute atomic E-state index is 14.4. The Hall–Kier alpha value is -3.01. The maximum atomic E-state index is 14.4. The maximum Gasteiger partial charge on any atom is 0.335 e. The molecule has 7 rings (SSSR count). The summed E-state index contributed by atoms with van der Waals surface area (Å²) in [6, 6.07) is 2.52. The first kappa shape index (κ1) is 24.1. The first-order valence-corrected chi connectivity index (χ1v) is 13.9. The van der Waals surface area contributed by atoms with Crippen molar-refractivity contribution in [1.82, 2.24) is 15.1 Å². The SMILES string of the molecule is O=C(O)c1cc(F)c2nc(N3CC4(CC(/C=C/c5c(-c6c(Cl)cncc6Cl)noc5C5CC5)C4)C3)sc2c1. The molecule has 0 bridgehead atoms. The monoisotopic (exact) mass is 570 g/mol. The van der Waals surface area contributed by atoms with Gasteiger partial charge >= 0.3 is 5.97 Å². The van der Waals surface area contributed by atoms with Crippen molar-refractivity contribution in [2.24, 2.45) is 11.3 Å². The highest BCUT2D eigenvalue weighted by molar-refractivity contribution is 7.22. The summed E-state index contributed by atoms with van der Waals surface area (Å²) in [7, 11) is 0. The number of hydrogen-bond donors (Lipinski definition) is 1. The second-order valence-corrected chi connectivity index (χ2v) is 12.4. The Balaban J connectivity index is 1.05. The van der Waals surface area contributed by atoms with Gasteiger partial charge in [0.15, 0.2) is 10.9 Å². The smallest absolute Gasteiger partial charge is 0.335 e. The molecular formula is C27H21Cl2FN4O3S. The van der Waals surface area contributed by atoms with Gasteiger partial charge in [-0.25, -0.2) is 14.2 Å². The molecule has 1 saturated heterocycles. The number of carboxylic acid groups (broad SMARTS) is 1. The number of aromatic nitrogens is 3. The fraction of sp³-hybridized carbons (Fsp3) is 0.333. The van der Waals surface area contributed by atoms with Gasteiger partial charge in [0.2, 0.25) is 0 Å². The van der Waals surface area contributed by atoms with Crippen molar-refractivity contribution in [3.63, 3.8) is 0 Å². The fourth-order valence-corrected chi connectivity index (χ4v) is 7.30. The van der Waals surface area contributed by atoms with E-state index in [-0.39, 0.29) is 16.5 Å². The number of hydrogen-bond acceptors (Lipinski definition) is 7. The molecule has 1 N–H and O–H groups in total. The standard InChI is InChI=1S/C27H21Cl2FN4O3S/c28-17-9-31-10-18(29)21(17)22-16(24(37-33-22)14-2-3-14)4-1-13-7-27(8-13)11-34(12-27)26-32-23-19(30)5-15(25(35)36)6-20(23)38-26/h1,4-6,9-10,13-14H,2-3,7-8,11-12H2,(H,35,36)/b4-1+. The molecule has 3 fully saturated rings. The van der Waals surface area contributed by atoms with Gasteiger partial charge in [0, 0.05) is 47.9 Å². The number of aromatic carboxylic acids is 1. The van der Waals surface area contributed by atoms with Gasteiger partial charge in [-0.2, -0.15) is 0 Å². The molecule has 4 aromatic rings. The van der Waals surface area contributed by atoms with Crippen molar-refractivity contribution in [2.75, 3.05) is 18.0 Å². The van der Waals surface area contributed by atoms with E-state index in [2.05, 4.69) is 32.2 Å². The first-order valence-electron chi connectivity index (χ1n) is 12.4. The average Bonchev–Trinajstić information content (AvgIpc) is 3.44. The molecule has 3 aromatic heterocycles. The number of allylic oxidation sites excluding steroid dienone is 1. The molecular weight excluding hydrogens is 550 g/mol. The van der Waals surface area contributed by atoms with Crippen LogP contribution in [0.4, 0.5) is 9.52 Å². The van der Waals surface area contributed by atoms with Crippen molar-refractivity contribution in [3.05, 3.63) is 63.4 Å². The van der Waals surface area contributed by atoms with E-state index in [1.807, 2.05) is 0 Å². The Bertz CT molecular complexity index is 1610. The highest BCUT2D eigenvalue weighted by Gasteiger charge is 2.52. The predicted molar refractivity (Wildman–Crippen MR) is 145 cm³/mol. The van der Waals surface area contributed by atoms with Crippen molar-refractivity contribution in [3.8, 4) is 11.3 Å². The summed E-state index contributed by atoms with van der Waals surface area (Å²) >= 11 is 14.2. The van der Waals surface area contributed by atoms with Gasteiger partial charge < -0.3 is 14.5 Å². The molecule has 11 heteroatoms. The van der Waals surface area contributed by atoms with Crippen LogP contribution in [0.15, 0.2) is 35.1 Å². The van der Waals surface area contributed by atoms with Crippen LogP contribution in [0, 0.1) is 17.2 Å². The molecule has 1 aromatic carbocycles. The summed E-state index contributed by atoms with van der Waals surface area (Å²) < 4.78 is 20.7. The second kappa shape index (κ2) is 8.76. The molecule has 194 valence electrons. The van der Waals surface area contributed by atoms with Gasteiger partial charge in [-0.15, -0.1) is 0 Å². The molecule has 3 aliphatic rings. The predicted octanol–water partition coefficient (Wildman–Crippen LogP) is 7.30. The largest absolute Gasteiger partial charge is 0.478 e. The summed E-state index contributed by atoms with van der Waals surface area (Å²) in [5.41, 5.74) is 2.63. The zero-order valence-corrected chi connectivity index (χ0v) is 22.3. The van der Waals surface area contributed by atoms with Crippen molar-refractivity contribution in [2.45, 2.75) is 31.6 Å². The Morgan fingerprint density at radius 1 is 1.21 bits per heavy atom. The van der Waals surface area contributed by atoms with Crippen LogP contribution < -0.4 is 4.90 Å². The fourth-order valence-electron chi connectivity index (χ4n) is 5.74. The van der Waals surface area contributed by atoms with Crippen LogP contribution in [0.25, 0.3) is 27.6 Å². The van der Waals surface area contributed by atoms with Crippen molar-refractivity contribution < 1.29 is 18.8 Å². The molecule has 0 radical (unpaired) electrons. The molecule has 1 spiro atoms. The minimum Gasteiger partial charge on any atom is -0.478 e. The van der Waals surface area contributed by atoms with Gasteiger partial charge in [-0.05, 0) is 43.7 Å². The molecule has 4 heterocycles. The van der Waals surface area contributed by atoms with Gasteiger partial charge in [0.1, 0.15) is 17.0 Å². The number of nitrogens with zero attached hydrogens (tertiary/aromatic N) is 4. The number of anilines is 1. The Labute approximate surface area is 230 Å². The topological polar surface area (TPSA) is 92.3 Å². The molecule has 38 heavy (non-hydrogen) atoms. The Morgan fingerprint density at radius 2 is 1.95 bits per heavy atom. The normalized spacial score (nSPS) is 18.9. The number of carboxylic acids is 1. The lowest BCUT2D eigenvalue weighted by Crippen LogP contribution is -2.62. The number of thiazole rings is 1. The van der Waals surface area contributed by atoms with E-state index in [0.717, 1.165) is 61.3 Å². The second-order valence-electron chi connectivity index (χ2n) is 10.6. The van der Waals surface area contributed by atoms with Gasteiger partial charge in [-0.1, -0.05) is 51.8 Å². The lowest BCUT2D eigenvalue weighted by Gasteiger charge is -2.58. The number of benzene rings is 1. The third kappa shape index (κ3) is 3.99. The molecule has 2 aliphatic carbocycles. The van der Waals surface area contributed by atoms with Crippen LogP contribution in [0.5, 0.6) is 0 Å². The van der Waals surface area contributed by atoms with Crippen LogP contribution in [0.2, 0.25) is 10.0 Å². The number of fused-ring (bicyclic) bond motifs is 1. The third-order valence-corrected chi connectivity index (χ3v) is 9.36. The summed E-state index contributed by atoms with van der Waals surface area (Å²) in [5.74, 6) is -0.0425. The van der Waals surface area contributed by atoms with Crippen LogP contribution in [0.3, 0.4) is 0 Å². The van der Waals surface area contributed by atoms with Crippen molar-refractivity contribution >= 4 is 61.9 Å². The lowest BCUT2D eigenvalue weighted by molar-refractivity contribution is 0.0485. The van der Waals surface area contributed by atoms with Crippen LogP contribution in [-0.4, -0.2) is 39.3 Å². The van der Waals surface area contributed by atoms with Gasteiger partial charge in [0.25, 0.3) is 0 Å². The number of rotatable bonds is 6. The third-order valence-electron chi connectivity index (χ3n) is 7.73. The lowest BCUT2D eigenvalue weighted by atomic mass is 9.58. The van der Waals surface area contributed by atoms with E-state index in [4.69, 9.17) is 27.7 Å². The Morgan fingerprint density at radius 3 is 2.63 bits per heavy atom. The van der Waals surface area contributed by atoms with Crippen molar-refractivity contribution in [1.29, 1.82) is 0 Å². The van der Waals surface area contributed by atoms with E-state index in [1.165, 1.54) is 17.4 Å². The number of halogens is 3. The van der Waals surface area contributed by atoms with Crippen LogP contribution in [-0.2, 0) is 0 Å². The summed E-state index contributed by atoms with van der Waals surface area (Å²) in [5, 5.41) is 15.1. The number of pyridine rings is 1. The van der Waals surface area contributed by atoms with E-state index in [1.54, 1.807) is 12.4 Å². The van der Waals surface area contributed by atoms with E-state index >= 15 is 0 Å². The molecule has 2 saturated carbocycles. The highest BCUT2D eigenvalue weighted by Crippen LogP contribution is 2.54. The molecule has 0 atom stereocenters. The van der Waals surface area contributed by atoms with E-state index in [9.17, 15) is 14.3 Å². The Kier molecular flexibility index (Phi) is 5.55. The summed E-state index contributed by atoms with van der Waals surface area (Å²) in [4.78, 5) is 21.9. The molecule has 0 amide bonds. The van der Waals surface area contributed by atoms with E-state index in [0.29, 0.717) is 37.8 Å². The zero-order chi connectivity index (χ0) is 26.2. The summed E-state index contributed by atoms with van der Waals surface area (Å²) in [6.45, 7) is 1.72. The molecule has 1 aliphatic heterocycles. The van der Waals surface area contributed by atoms with Crippen LogP contribution >= 0.6 is 34.5 Å². The highest BCUT2D eigenvalue weighted by atomic mass is 35.5. The molecule has 0 unspecified atom stereocenters. The van der Waals surface area contributed by atoms with E-state index < -0.39 is 11.8 Å². The van der Waals surface area contributed by atoms with Gasteiger partial charge in [-0.3, -0.25) is 4.98 Å². The summed E-state index contributed by atoms with van der Waals surface area (Å²) in [6.07, 6.45) is 11.7. The quantitative estimate of drug-likeness (QED) is 0.260. The van der Waals surface area contributed by atoms with Gasteiger partial charge in [0.05, 0.1) is 20.3 Å². The number of carbonyl (C=O) groups is 1. The minimum absolute atomic E-state index is 0.0619. The first-order chi connectivity index (χ1) is 18.3. The molecule has 7 nitrogen and oxygen atoms in total. The minimum atomic E-state index is -1.15. The van der Waals surface area contributed by atoms with Crippen LogP contribution in [0.1, 0.15) is 53.3 Å².